The first-order chi connectivity index (χ1) is 13.7. The Bertz CT molecular complexity index is 585. The molecule has 1 N–H and O–H groups in total. The third kappa shape index (κ3) is 5.20. The number of hydrogen-bond donors (Lipinski definition) is 1. The predicted molar refractivity (Wildman–Crippen MR) is 126 cm³/mol. The van der Waals surface area contributed by atoms with Gasteiger partial charge in [-0.1, -0.05) is 84.1 Å². The van der Waals surface area contributed by atoms with E-state index in [4.69, 9.17) is 0 Å². The van der Waals surface area contributed by atoms with Gasteiger partial charge in [-0.3, -0.25) is 0 Å². The molecule has 0 amide bonds. The van der Waals surface area contributed by atoms with Crippen molar-refractivity contribution in [3.63, 3.8) is 0 Å². The van der Waals surface area contributed by atoms with E-state index in [0.29, 0.717) is 17.3 Å². The molecule has 7 atom stereocenters. The first-order valence-electron chi connectivity index (χ1n) is 12.8. The minimum Gasteiger partial charge on any atom is -0.393 e. The zero-order valence-corrected chi connectivity index (χ0v) is 20.2. The molecule has 166 valence electrons. The molecule has 3 saturated carbocycles. The standard InChI is InChI=1S/C28H48O/c1-19(2)9-7-10-20(3)25-14-15-26-24(11-8-16-28(25,26)6)13-12-23-17-21(4)22(5)27(29)18-23/h12-13,19-22,25-27,29H,7-11,14-18H2,1-6H3/b23-12-,24-13+. The maximum Gasteiger partial charge on any atom is 0.0605 e. The highest BCUT2D eigenvalue weighted by Gasteiger charge is 2.50. The summed E-state index contributed by atoms with van der Waals surface area (Å²) in [5, 5.41) is 10.4. The van der Waals surface area contributed by atoms with Crippen LogP contribution in [0.3, 0.4) is 0 Å². The van der Waals surface area contributed by atoms with E-state index < -0.39 is 0 Å². The van der Waals surface area contributed by atoms with E-state index in [1.54, 1.807) is 5.57 Å². The van der Waals surface area contributed by atoms with Crippen molar-refractivity contribution in [2.75, 3.05) is 0 Å². The zero-order chi connectivity index (χ0) is 21.2. The Balaban J connectivity index is 1.68. The number of fused-ring (bicyclic) bond motifs is 1. The van der Waals surface area contributed by atoms with Gasteiger partial charge in [-0.15, -0.1) is 0 Å². The molecule has 0 radical (unpaired) electrons. The van der Waals surface area contributed by atoms with E-state index in [1.165, 1.54) is 63.4 Å². The Morgan fingerprint density at radius 2 is 1.83 bits per heavy atom. The molecule has 0 spiro atoms. The molecule has 3 aliphatic carbocycles. The summed E-state index contributed by atoms with van der Waals surface area (Å²) in [6.07, 6.45) is 18.0. The summed E-state index contributed by atoms with van der Waals surface area (Å²) in [5.41, 5.74) is 3.72. The first kappa shape index (κ1) is 23.1. The lowest BCUT2D eigenvalue weighted by Gasteiger charge is -2.44. The summed E-state index contributed by atoms with van der Waals surface area (Å²) in [7, 11) is 0. The molecule has 3 rings (SSSR count). The van der Waals surface area contributed by atoms with Crippen molar-refractivity contribution >= 4 is 0 Å². The SMILES string of the molecule is CC(C)CCCC(C)C1CCC2/C(=C/C=C3/CC(C)C(C)C(O)C3)CCCC21C. The monoisotopic (exact) mass is 400 g/mol. The summed E-state index contributed by atoms with van der Waals surface area (Å²) in [6.45, 7) is 14.4. The van der Waals surface area contributed by atoms with Gasteiger partial charge in [-0.2, -0.15) is 0 Å². The van der Waals surface area contributed by atoms with Gasteiger partial charge in [0.2, 0.25) is 0 Å². The topological polar surface area (TPSA) is 20.2 Å². The third-order valence-electron chi connectivity index (χ3n) is 9.26. The Hall–Kier alpha value is -0.560. The lowest BCUT2D eigenvalue weighted by Crippen LogP contribution is -2.36. The van der Waals surface area contributed by atoms with Crippen LogP contribution >= 0.6 is 0 Å². The van der Waals surface area contributed by atoms with E-state index in [9.17, 15) is 5.11 Å². The second-order valence-corrected chi connectivity index (χ2v) is 11.8. The van der Waals surface area contributed by atoms with E-state index in [2.05, 4.69) is 53.7 Å². The van der Waals surface area contributed by atoms with Gasteiger partial charge >= 0.3 is 0 Å². The van der Waals surface area contributed by atoms with Crippen LogP contribution in [0, 0.1) is 40.9 Å². The van der Waals surface area contributed by atoms with Gasteiger partial charge in [0.15, 0.2) is 0 Å². The number of aliphatic hydroxyl groups excluding tert-OH is 1. The van der Waals surface area contributed by atoms with Crippen LogP contribution in [-0.2, 0) is 0 Å². The van der Waals surface area contributed by atoms with Crippen LogP contribution in [0.1, 0.15) is 106 Å². The first-order valence-corrected chi connectivity index (χ1v) is 12.8. The average Bonchev–Trinajstić information content (AvgIpc) is 3.01. The second kappa shape index (κ2) is 9.71. The molecule has 0 saturated heterocycles. The van der Waals surface area contributed by atoms with Crippen LogP contribution in [0.4, 0.5) is 0 Å². The van der Waals surface area contributed by atoms with Gasteiger partial charge in [0.05, 0.1) is 6.10 Å². The summed E-state index contributed by atoms with van der Waals surface area (Å²) in [5.74, 6) is 4.46. The molecule has 3 fully saturated rings. The molecule has 1 heteroatoms. The van der Waals surface area contributed by atoms with Gasteiger partial charge < -0.3 is 5.11 Å². The van der Waals surface area contributed by atoms with Crippen molar-refractivity contribution in [1.29, 1.82) is 0 Å². The highest BCUT2D eigenvalue weighted by molar-refractivity contribution is 5.26. The van der Waals surface area contributed by atoms with E-state index >= 15 is 0 Å². The van der Waals surface area contributed by atoms with Crippen LogP contribution in [0.15, 0.2) is 23.3 Å². The Kier molecular flexibility index (Phi) is 7.74. The maximum atomic E-state index is 10.4. The largest absolute Gasteiger partial charge is 0.393 e. The van der Waals surface area contributed by atoms with Crippen LogP contribution in [0.5, 0.6) is 0 Å². The van der Waals surface area contributed by atoms with Crippen molar-refractivity contribution < 1.29 is 5.11 Å². The fourth-order valence-corrected chi connectivity index (χ4v) is 7.14. The molecule has 0 bridgehead atoms. The van der Waals surface area contributed by atoms with Crippen molar-refractivity contribution in [2.45, 2.75) is 112 Å². The zero-order valence-electron chi connectivity index (χ0n) is 20.2. The summed E-state index contributed by atoms with van der Waals surface area (Å²) in [6, 6.07) is 0. The molecule has 3 aliphatic rings. The highest BCUT2D eigenvalue weighted by atomic mass is 16.3. The van der Waals surface area contributed by atoms with Crippen molar-refractivity contribution in [3.05, 3.63) is 23.3 Å². The molecule has 0 heterocycles. The van der Waals surface area contributed by atoms with Gasteiger partial charge in [0.1, 0.15) is 0 Å². The quantitative estimate of drug-likeness (QED) is 0.479. The Morgan fingerprint density at radius 1 is 1.07 bits per heavy atom. The molecular formula is C28H48O. The normalized spacial score (nSPS) is 41.9. The molecule has 0 aromatic heterocycles. The van der Waals surface area contributed by atoms with Crippen LogP contribution in [0.25, 0.3) is 0 Å². The Morgan fingerprint density at radius 3 is 2.52 bits per heavy atom. The van der Waals surface area contributed by atoms with Crippen LogP contribution in [-0.4, -0.2) is 11.2 Å². The number of allylic oxidation sites excluding steroid dienone is 3. The summed E-state index contributed by atoms with van der Waals surface area (Å²) >= 11 is 0. The number of rotatable bonds is 6. The van der Waals surface area contributed by atoms with Crippen molar-refractivity contribution in [3.8, 4) is 0 Å². The van der Waals surface area contributed by atoms with Crippen LogP contribution < -0.4 is 0 Å². The molecule has 1 nitrogen and oxygen atoms in total. The van der Waals surface area contributed by atoms with Gasteiger partial charge in [-0.25, -0.2) is 0 Å². The smallest absolute Gasteiger partial charge is 0.0605 e. The minimum atomic E-state index is -0.150. The summed E-state index contributed by atoms with van der Waals surface area (Å²) in [4.78, 5) is 0. The minimum absolute atomic E-state index is 0.150. The summed E-state index contributed by atoms with van der Waals surface area (Å²) < 4.78 is 0. The van der Waals surface area contributed by atoms with Crippen LogP contribution in [0.2, 0.25) is 0 Å². The number of hydrogen-bond acceptors (Lipinski definition) is 1. The van der Waals surface area contributed by atoms with E-state index in [0.717, 1.165) is 30.1 Å². The molecule has 7 unspecified atom stereocenters. The lowest BCUT2D eigenvalue weighted by molar-refractivity contribution is 0.0690. The molecular weight excluding hydrogens is 352 g/mol. The van der Waals surface area contributed by atoms with Gasteiger partial charge in [0.25, 0.3) is 0 Å². The molecule has 29 heavy (non-hydrogen) atoms. The van der Waals surface area contributed by atoms with Crippen molar-refractivity contribution in [2.24, 2.45) is 40.9 Å². The Labute approximate surface area is 181 Å². The van der Waals surface area contributed by atoms with Crippen molar-refractivity contribution in [1.82, 2.24) is 0 Å². The molecule has 0 aromatic carbocycles. The number of aliphatic hydroxyl groups is 1. The third-order valence-corrected chi connectivity index (χ3v) is 9.26. The van der Waals surface area contributed by atoms with E-state index in [-0.39, 0.29) is 6.10 Å². The molecule has 0 aliphatic heterocycles. The fraction of sp³-hybridized carbons (Fsp3) is 0.857. The van der Waals surface area contributed by atoms with Gasteiger partial charge in [-0.05, 0) is 85.9 Å². The lowest BCUT2D eigenvalue weighted by atomic mass is 9.60. The second-order valence-electron chi connectivity index (χ2n) is 11.8. The average molecular weight is 401 g/mol. The van der Waals surface area contributed by atoms with Gasteiger partial charge in [0, 0.05) is 0 Å². The van der Waals surface area contributed by atoms with E-state index in [1.807, 2.05) is 0 Å². The highest BCUT2D eigenvalue weighted by Crippen LogP contribution is 2.60. The predicted octanol–water partition coefficient (Wildman–Crippen LogP) is 7.94. The maximum absolute atomic E-state index is 10.4. The fourth-order valence-electron chi connectivity index (χ4n) is 7.14. The molecule has 0 aromatic rings.